The van der Waals surface area contributed by atoms with Crippen molar-refractivity contribution in [2.45, 2.75) is 0 Å². The SMILES string of the molecule is O=c1c(=Cc2cccn2-c2ccc([N+](=O)[O-])cc2)sc2nc(-c3ccco3)nn12. The molecule has 4 aromatic heterocycles. The van der Waals surface area contributed by atoms with Gasteiger partial charge >= 0.3 is 0 Å². The number of rotatable bonds is 4. The third kappa shape index (κ3) is 2.91. The Balaban J connectivity index is 1.56. The predicted molar refractivity (Wildman–Crippen MR) is 106 cm³/mol. The smallest absolute Gasteiger partial charge is 0.291 e. The van der Waals surface area contributed by atoms with Crippen LogP contribution < -0.4 is 10.1 Å². The van der Waals surface area contributed by atoms with E-state index < -0.39 is 4.92 Å². The summed E-state index contributed by atoms with van der Waals surface area (Å²) in [6.07, 6.45) is 5.09. The maximum absolute atomic E-state index is 12.7. The first-order valence-electron chi connectivity index (χ1n) is 8.47. The minimum Gasteiger partial charge on any atom is -0.461 e. The van der Waals surface area contributed by atoms with Crippen LogP contribution in [-0.4, -0.2) is 24.1 Å². The highest BCUT2D eigenvalue weighted by atomic mass is 32.1. The molecule has 10 heteroatoms. The average Bonchev–Trinajstić information content (AvgIpc) is 3.49. The Hall–Kier alpha value is -4.05. The Morgan fingerprint density at radius 3 is 2.66 bits per heavy atom. The predicted octanol–water partition coefficient (Wildman–Crippen LogP) is 2.66. The van der Waals surface area contributed by atoms with Crippen LogP contribution in [0, 0.1) is 10.1 Å². The summed E-state index contributed by atoms with van der Waals surface area (Å²) in [6.45, 7) is 0. The van der Waals surface area contributed by atoms with Crippen LogP contribution >= 0.6 is 11.3 Å². The lowest BCUT2D eigenvalue weighted by Gasteiger charge is -2.05. The number of nitro benzene ring substituents is 1. The molecule has 1 aromatic carbocycles. The summed E-state index contributed by atoms with van der Waals surface area (Å²) >= 11 is 1.23. The Morgan fingerprint density at radius 2 is 1.97 bits per heavy atom. The lowest BCUT2D eigenvalue weighted by Crippen LogP contribution is -2.24. The van der Waals surface area contributed by atoms with Crippen LogP contribution in [-0.2, 0) is 0 Å². The van der Waals surface area contributed by atoms with Gasteiger partial charge in [0.15, 0.2) is 5.76 Å². The molecule has 142 valence electrons. The van der Waals surface area contributed by atoms with E-state index in [9.17, 15) is 14.9 Å². The molecule has 9 nitrogen and oxygen atoms in total. The highest BCUT2D eigenvalue weighted by Crippen LogP contribution is 2.19. The standard InChI is InChI=1S/C19H11N5O4S/c25-18-16(29-19-20-17(21-23(18)19)15-4-2-10-28-15)11-14-3-1-9-22(14)12-5-7-13(8-6-12)24(26)27/h1-11H. The molecular formula is C19H11N5O4S. The molecule has 0 aliphatic heterocycles. The van der Waals surface area contributed by atoms with Gasteiger partial charge in [0.2, 0.25) is 10.8 Å². The van der Waals surface area contributed by atoms with Crippen molar-refractivity contribution < 1.29 is 9.34 Å². The molecular weight excluding hydrogens is 394 g/mol. The molecule has 29 heavy (non-hydrogen) atoms. The zero-order valence-corrected chi connectivity index (χ0v) is 15.4. The van der Waals surface area contributed by atoms with Gasteiger partial charge in [-0.3, -0.25) is 14.9 Å². The van der Waals surface area contributed by atoms with E-state index in [0.717, 1.165) is 11.4 Å². The number of nitro groups is 1. The van der Waals surface area contributed by atoms with E-state index in [1.54, 1.807) is 30.3 Å². The lowest BCUT2D eigenvalue weighted by molar-refractivity contribution is -0.384. The van der Waals surface area contributed by atoms with Crippen LogP contribution in [0.5, 0.6) is 0 Å². The molecule has 4 heterocycles. The molecule has 5 rings (SSSR count). The normalized spacial score (nSPS) is 12.1. The molecule has 0 bridgehead atoms. The van der Waals surface area contributed by atoms with E-state index in [2.05, 4.69) is 10.1 Å². The second-order valence-corrected chi connectivity index (χ2v) is 7.11. The van der Waals surface area contributed by atoms with Crippen molar-refractivity contribution in [2.75, 3.05) is 0 Å². The van der Waals surface area contributed by atoms with Crippen LogP contribution in [0.2, 0.25) is 0 Å². The van der Waals surface area contributed by atoms with Crippen LogP contribution in [0.15, 0.2) is 70.2 Å². The minimum atomic E-state index is -0.443. The topological polar surface area (TPSA) is 108 Å². The molecule has 0 radical (unpaired) electrons. The maximum atomic E-state index is 12.7. The second kappa shape index (κ2) is 6.53. The first-order chi connectivity index (χ1) is 14.1. The molecule has 0 N–H and O–H groups in total. The number of hydrogen-bond acceptors (Lipinski definition) is 7. The van der Waals surface area contributed by atoms with Crippen molar-refractivity contribution in [3.63, 3.8) is 0 Å². The van der Waals surface area contributed by atoms with Gasteiger partial charge in [-0.15, -0.1) is 5.10 Å². The van der Waals surface area contributed by atoms with E-state index in [1.807, 2.05) is 22.9 Å². The third-order valence-electron chi connectivity index (χ3n) is 4.32. The van der Waals surface area contributed by atoms with Gasteiger partial charge < -0.3 is 8.98 Å². The number of thiazole rings is 1. The first kappa shape index (κ1) is 17.1. The molecule has 0 aliphatic carbocycles. The fraction of sp³-hybridized carbons (Fsp3) is 0. The molecule has 0 aliphatic rings. The third-order valence-corrected chi connectivity index (χ3v) is 5.28. The zero-order valence-electron chi connectivity index (χ0n) is 14.6. The Labute approximate surface area is 165 Å². The summed E-state index contributed by atoms with van der Waals surface area (Å²) in [4.78, 5) is 28.0. The first-order valence-corrected chi connectivity index (χ1v) is 9.29. The van der Waals surface area contributed by atoms with E-state index in [4.69, 9.17) is 4.42 Å². The van der Waals surface area contributed by atoms with Crippen LogP contribution in [0.3, 0.4) is 0 Å². The fourth-order valence-electron chi connectivity index (χ4n) is 2.96. The van der Waals surface area contributed by atoms with Crippen molar-refractivity contribution in [3.05, 3.63) is 91.7 Å². The minimum absolute atomic E-state index is 0.0196. The summed E-state index contributed by atoms with van der Waals surface area (Å²) in [6, 6.07) is 13.4. The lowest BCUT2D eigenvalue weighted by atomic mass is 10.2. The quantitative estimate of drug-likeness (QED) is 0.336. The van der Waals surface area contributed by atoms with Gasteiger partial charge in [0.05, 0.1) is 11.2 Å². The summed E-state index contributed by atoms with van der Waals surface area (Å²) in [5.74, 6) is 0.858. The molecule has 0 unspecified atom stereocenters. The molecule has 0 amide bonds. The monoisotopic (exact) mass is 405 g/mol. The fourth-order valence-corrected chi connectivity index (χ4v) is 3.85. The van der Waals surface area contributed by atoms with Crippen LogP contribution in [0.4, 0.5) is 5.69 Å². The summed E-state index contributed by atoms with van der Waals surface area (Å²) in [7, 11) is 0. The maximum Gasteiger partial charge on any atom is 0.291 e. The van der Waals surface area contributed by atoms with E-state index in [0.29, 0.717) is 21.1 Å². The average molecular weight is 405 g/mol. The molecule has 0 spiro atoms. The summed E-state index contributed by atoms with van der Waals surface area (Å²) in [5, 5.41) is 15.1. The summed E-state index contributed by atoms with van der Waals surface area (Å²) in [5.41, 5.74) is 1.25. The molecule has 0 fully saturated rings. The van der Waals surface area contributed by atoms with Crippen molar-refractivity contribution in [1.29, 1.82) is 0 Å². The van der Waals surface area contributed by atoms with Gasteiger partial charge in [-0.2, -0.15) is 9.50 Å². The number of nitrogens with zero attached hydrogens (tertiary/aromatic N) is 5. The number of non-ortho nitro benzene ring substituents is 1. The molecule has 0 atom stereocenters. The van der Waals surface area contributed by atoms with Crippen LogP contribution in [0.25, 0.3) is 28.3 Å². The highest BCUT2D eigenvalue weighted by Gasteiger charge is 2.14. The van der Waals surface area contributed by atoms with Gasteiger partial charge in [0, 0.05) is 29.7 Å². The summed E-state index contributed by atoms with van der Waals surface area (Å²) < 4.78 is 8.85. The van der Waals surface area contributed by atoms with E-state index in [1.165, 1.54) is 34.2 Å². The van der Waals surface area contributed by atoms with E-state index >= 15 is 0 Å². The number of hydrogen-bond donors (Lipinski definition) is 0. The Kier molecular flexibility index (Phi) is 3.85. The number of aromatic nitrogens is 4. The van der Waals surface area contributed by atoms with Gasteiger partial charge in [-0.1, -0.05) is 11.3 Å². The number of benzene rings is 1. The van der Waals surface area contributed by atoms with E-state index in [-0.39, 0.29) is 11.2 Å². The van der Waals surface area contributed by atoms with Crippen molar-refractivity contribution in [2.24, 2.45) is 0 Å². The van der Waals surface area contributed by atoms with Crippen molar-refractivity contribution >= 4 is 28.1 Å². The molecule has 0 saturated carbocycles. The Morgan fingerprint density at radius 1 is 1.14 bits per heavy atom. The van der Waals surface area contributed by atoms with Gasteiger partial charge in [0.1, 0.15) is 4.53 Å². The zero-order chi connectivity index (χ0) is 20.0. The number of furan rings is 1. The number of fused-ring (bicyclic) bond motifs is 1. The van der Waals surface area contributed by atoms with Gasteiger partial charge in [0.25, 0.3) is 11.2 Å². The Bertz CT molecular complexity index is 1440. The van der Waals surface area contributed by atoms with Crippen LogP contribution in [0.1, 0.15) is 5.69 Å². The second-order valence-electron chi connectivity index (χ2n) is 6.10. The van der Waals surface area contributed by atoms with Crippen molar-refractivity contribution in [1.82, 2.24) is 19.2 Å². The van der Waals surface area contributed by atoms with Gasteiger partial charge in [-0.05, 0) is 42.5 Å². The highest BCUT2D eigenvalue weighted by molar-refractivity contribution is 7.15. The molecule has 0 saturated heterocycles. The molecule has 5 aromatic rings. The van der Waals surface area contributed by atoms with Crippen molar-refractivity contribution in [3.8, 4) is 17.3 Å². The van der Waals surface area contributed by atoms with Gasteiger partial charge in [-0.25, -0.2) is 0 Å². The largest absolute Gasteiger partial charge is 0.461 e.